The van der Waals surface area contributed by atoms with Gasteiger partial charge in [0.25, 0.3) is 0 Å². The number of fused-ring (bicyclic) bond motifs is 3. The first-order valence-electron chi connectivity index (χ1n) is 23.9. The molecule has 15 heteroatoms. The standard InChI is InChI=1S/C57H51ClN6O8/c1-36-40(9-5-10-44(36)39-13-16-51-54(27-39)69-23-22-68-51)35-72-53-30-52(71-34-38-8-4-7-37(25-38)31-59)41(26-47(53)58)32-60-33-42(65)28-55(66)70-24-21-67-43-14-15-45-46(17-19-62-49(45)29-43)56-50-12-6-20-64(50)63-57(56)48-11-2-3-18-61-48/h2-5,7-11,13-19,25-27,29-30,42,60,65H,6,12,20-24,28,32-35H2,1H3/t42-/m0/s1. The van der Waals surface area contributed by atoms with Gasteiger partial charge in [-0.3, -0.25) is 19.4 Å². The highest BCUT2D eigenvalue weighted by molar-refractivity contribution is 6.32. The van der Waals surface area contributed by atoms with Crippen LogP contribution in [0, 0.1) is 18.3 Å². The van der Waals surface area contributed by atoms with E-state index in [1.54, 1.807) is 36.7 Å². The van der Waals surface area contributed by atoms with Crippen LogP contribution in [0.1, 0.15) is 46.4 Å². The van der Waals surface area contributed by atoms with Crippen LogP contribution in [0.15, 0.2) is 128 Å². The van der Waals surface area contributed by atoms with Crippen molar-refractivity contribution < 1.29 is 38.3 Å². The number of pyridine rings is 2. The van der Waals surface area contributed by atoms with Crippen molar-refractivity contribution in [3.8, 4) is 68.5 Å². The van der Waals surface area contributed by atoms with Gasteiger partial charge in [-0.05, 0) is 114 Å². The van der Waals surface area contributed by atoms with E-state index in [1.807, 2.05) is 84.9 Å². The molecular weight excluding hydrogens is 932 g/mol. The largest absolute Gasteiger partial charge is 0.490 e. The molecule has 364 valence electrons. The maximum atomic E-state index is 12.8. The number of aliphatic hydroxyl groups is 1. The van der Waals surface area contributed by atoms with Gasteiger partial charge in [-0.25, -0.2) is 0 Å². The number of ether oxygens (including phenoxy) is 6. The molecule has 0 radical (unpaired) electrons. The third-order valence-electron chi connectivity index (χ3n) is 12.7. The average Bonchev–Trinajstić information content (AvgIpc) is 4.02. The Labute approximate surface area is 421 Å². The van der Waals surface area contributed by atoms with Gasteiger partial charge in [-0.1, -0.05) is 54.1 Å². The Morgan fingerprint density at radius 1 is 0.847 bits per heavy atom. The zero-order valence-electron chi connectivity index (χ0n) is 39.6. The summed E-state index contributed by atoms with van der Waals surface area (Å²) in [6.07, 6.45) is 4.30. The van der Waals surface area contributed by atoms with Gasteiger partial charge in [-0.2, -0.15) is 10.4 Å². The van der Waals surface area contributed by atoms with Crippen LogP contribution in [0.5, 0.6) is 28.7 Å². The highest BCUT2D eigenvalue weighted by Crippen LogP contribution is 2.41. The fraction of sp³-hybridized carbons (Fsp3) is 0.246. The van der Waals surface area contributed by atoms with Gasteiger partial charge in [-0.15, -0.1) is 0 Å². The first-order valence-corrected chi connectivity index (χ1v) is 24.3. The molecular formula is C57H51ClN6O8. The summed E-state index contributed by atoms with van der Waals surface area (Å²) in [7, 11) is 0. The predicted octanol–water partition coefficient (Wildman–Crippen LogP) is 10.00. The smallest absolute Gasteiger partial charge is 0.308 e. The van der Waals surface area contributed by atoms with Gasteiger partial charge in [0.05, 0.1) is 40.4 Å². The number of halogens is 1. The Morgan fingerprint density at radius 2 is 1.72 bits per heavy atom. The highest BCUT2D eigenvalue weighted by atomic mass is 35.5. The molecule has 0 saturated carbocycles. The number of nitrogens with one attached hydrogen (secondary N) is 1. The number of hydrogen-bond donors (Lipinski definition) is 2. The minimum atomic E-state index is -1.04. The molecule has 2 aliphatic heterocycles. The summed E-state index contributed by atoms with van der Waals surface area (Å²) in [5.74, 6) is 2.41. The maximum absolute atomic E-state index is 12.8. The van der Waals surface area contributed by atoms with E-state index in [1.165, 1.54) is 5.69 Å². The summed E-state index contributed by atoms with van der Waals surface area (Å²) >= 11 is 6.86. The molecule has 3 aromatic heterocycles. The van der Waals surface area contributed by atoms with Crippen LogP contribution in [-0.2, 0) is 42.3 Å². The van der Waals surface area contributed by atoms with E-state index in [4.69, 9.17) is 45.1 Å². The molecule has 10 rings (SSSR count). The Kier molecular flexibility index (Phi) is 14.6. The first kappa shape index (κ1) is 47.7. The first-order chi connectivity index (χ1) is 35.3. The number of nitrogens with zero attached hydrogens (tertiary/aromatic N) is 5. The van der Waals surface area contributed by atoms with Crippen molar-refractivity contribution in [2.45, 2.75) is 58.6 Å². The lowest BCUT2D eigenvalue weighted by Gasteiger charge is -2.20. The van der Waals surface area contributed by atoms with E-state index < -0.39 is 12.1 Å². The Bertz CT molecular complexity index is 3300. The van der Waals surface area contributed by atoms with Gasteiger partial charge < -0.3 is 38.8 Å². The molecule has 0 fully saturated rings. The van der Waals surface area contributed by atoms with E-state index in [0.717, 1.165) is 92.1 Å². The summed E-state index contributed by atoms with van der Waals surface area (Å²) in [5.41, 5.74) is 11.9. The van der Waals surface area contributed by atoms with Gasteiger partial charge in [0, 0.05) is 66.4 Å². The number of hydrogen-bond acceptors (Lipinski definition) is 13. The van der Waals surface area contributed by atoms with Crippen molar-refractivity contribution in [1.82, 2.24) is 25.1 Å². The fourth-order valence-electron chi connectivity index (χ4n) is 9.11. The van der Waals surface area contributed by atoms with E-state index >= 15 is 0 Å². The molecule has 1 atom stereocenters. The van der Waals surface area contributed by atoms with Crippen LogP contribution in [0.2, 0.25) is 5.02 Å². The second-order valence-electron chi connectivity index (χ2n) is 17.5. The second kappa shape index (κ2) is 22.0. The van der Waals surface area contributed by atoms with Crippen LogP contribution < -0.4 is 29.0 Å². The molecule has 0 saturated heterocycles. The number of benzene rings is 5. The summed E-state index contributed by atoms with van der Waals surface area (Å²) in [5, 5.41) is 29.8. The van der Waals surface area contributed by atoms with Crippen molar-refractivity contribution in [3.05, 3.63) is 166 Å². The average molecular weight is 984 g/mol. The lowest BCUT2D eigenvalue weighted by Crippen LogP contribution is -2.29. The fourth-order valence-corrected chi connectivity index (χ4v) is 9.36. The Morgan fingerprint density at radius 3 is 2.60 bits per heavy atom. The van der Waals surface area contributed by atoms with Gasteiger partial charge in [0.15, 0.2) is 11.5 Å². The predicted molar refractivity (Wildman–Crippen MR) is 272 cm³/mol. The number of esters is 1. The van der Waals surface area contributed by atoms with Gasteiger partial charge in [0.1, 0.15) is 62.6 Å². The molecule has 0 spiro atoms. The summed E-state index contributed by atoms with van der Waals surface area (Å²) in [6.45, 7) is 4.84. The molecule has 2 N–H and O–H groups in total. The molecule has 5 aromatic carbocycles. The molecule has 0 amide bonds. The summed E-state index contributed by atoms with van der Waals surface area (Å²) in [4.78, 5) is 22.0. The van der Waals surface area contributed by atoms with E-state index in [-0.39, 0.29) is 45.9 Å². The second-order valence-corrected chi connectivity index (χ2v) is 17.9. The maximum Gasteiger partial charge on any atom is 0.308 e. The number of aliphatic hydroxyl groups excluding tert-OH is 1. The number of rotatable bonds is 19. The van der Waals surface area contributed by atoms with Crippen molar-refractivity contribution in [2.24, 2.45) is 0 Å². The van der Waals surface area contributed by atoms with Crippen LogP contribution in [0.25, 0.3) is 44.5 Å². The summed E-state index contributed by atoms with van der Waals surface area (Å²) in [6, 6.07) is 38.5. The minimum Gasteiger partial charge on any atom is -0.490 e. The quantitative estimate of drug-likeness (QED) is 0.0580. The lowest BCUT2D eigenvalue weighted by atomic mass is 9.96. The molecule has 14 nitrogen and oxygen atoms in total. The molecule has 72 heavy (non-hydrogen) atoms. The highest BCUT2D eigenvalue weighted by Gasteiger charge is 2.26. The number of carbonyl (C=O) groups excluding carboxylic acids is 1. The SMILES string of the molecule is Cc1c(COc2cc(OCc3cccc(C#N)c3)c(CNC[C@@H](O)CC(=O)OCCOc3ccc4c(-c5c(-c6ccccn6)nn6c5CCC6)ccnc4c3)cc2Cl)cccc1-c1ccc2c(c1)OCCO2. The van der Waals surface area contributed by atoms with Crippen LogP contribution >= 0.6 is 11.6 Å². The number of carbonyl (C=O) groups is 1. The number of aryl methyl sites for hydroxylation is 1. The molecule has 5 heterocycles. The van der Waals surface area contributed by atoms with Crippen molar-refractivity contribution in [2.75, 3.05) is 33.0 Å². The third-order valence-corrected chi connectivity index (χ3v) is 13.0. The zero-order chi connectivity index (χ0) is 49.4. The molecule has 0 unspecified atom stereocenters. The Balaban J connectivity index is 0.736. The van der Waals surface area contributed by atoms with Gasteiger partial charge in [0.2, 0.25) is 0 Å². The monoisotopic (exact) mass is 982 g/mol. The van der Waals surface area contributed by atoms with Crippen molar-refractivity contribution >= 4 is 28.5 Å². The lowest BCUT2D eigenvalue weighted by molar-refractivity contribution is -0.146. The van der Waals surface area contributed by atoms with E-state index in [2.05, 4.69) is 39.0 Å². The molecule has 0 bridgehead atoms. The van der Waals surface area contributed by atoms with Crippen molar-refractivity contribution in [1.29, 1.82) is 5.26 Å². The number of aromatic nitrogens is 4. The Hall–Kier alpha value is -7.96. The van der Waals surface area contributed by atoms with Crippen LogP contribution in [-0.4, -0.2) is 69.9 Å². The molecule has 8 aromatic rings. The molecule has 2 aliphatic rings. The molecule has 0 aliphatic carbocycles. The van der Waals surface area contributed by atoms with E-state index in [0.29, 0.717) is 46.6 Å². The van der Waals surface area contributed by atoms with E-state index in [9.17, 15) is 15.2 Å². The number of nitriles is 1. The zero-order valence-corrected chi connectivity index (χ0v) is 40.4. The summed E-state index contributed by atoms with van der Waals surface area (Å²) < 4.78 is 37.8. The van der Waals surface area contributed by atoms with Crippen LogP contribution in [0.3, 0.4) is 0 Å². The minimum absolute atomic E-state index is 0.00372. The normalized spacial score (nSPS) is 13.0. The van der Waals surface area contributed by atoms with Crippen molar-refractivity contribution in [3.63, 3.8) is 0 Å². The third kappa shape index (κ3) is 10.8. The van der Waals surface area contributed by atoms with Crippen LogP contribution in [0.4, 0.5) is 0 Å². The van der Waals surface area contributed by atoms with Gasteiger partial charge >= 0.3 is 5.97 Å². The topological polar surface area (TPSA) is 172 Å².